The van der Waals surface area contributed by atoms with Crippen LogP contribution in [0, 0.1) is 0 Å². The van der Waals surface area contributed by atoms with E-state index in [1.807, 2.05) is 0 Å². The Labute approximate surface area is 125 Å². The quantitative estimate of drug-likeness (QED) is 0.864. The average Bonchev–Trinajstić information content (AvgIpc) is 2.75. The summed E-state index contributed by atoms with van der Waals surface area (Å²) in [5.41, 5.74) is 5.39. The van der Waals surface area contributed by atoms with Crippen molar-refractivity contribution in [2.75, 3.05) is 32.7 Å². The molecule has 1 heterocycles. The van der Waals surface area contributed by atoms with Crippen molar-refractivity contribution in [1.82, 2.24) is 9.21 Å². The summed E-state index contributed by atoms with van der Waals surface area (Å²) in [7, 11) is -3.48. The van der Waals surface area contributed by atoms with Gasteiger partial charge in [-0.15, -0.1) is 0 Å². The van der Waals surface area contributed by atoms with Crippen LogP contribution < -0.4 is 5.73 Å². The molecule has 1 aromatic rings. The molecule has 2 rings (SSSR count). The number of rotatable bonds is 4. The molecule has 1 aliphatic rings. The van der Waals surface area contributed by atoms with Crippen LogP contribution in [-0.4, -0.2) is 56.3 Å². The molecule has 1 saturated heterocycles. The van der Waals surface area contributed by atoms with E-state index in [-0.39, 0.29) is 5.91 Å². The molecular formula is C14H21N3O3S. The normalized spacial score (nSPS) is 17.5. The number of carbonyl (C=O) groups excluding carboxylic acids is 1. The number of carbonyl (C=O) groups is 1. The van der Waals surface area contributed by atoms with Crippen LogP contribution in [0.25, 0.3) is 0 Å². The molecule has 1 fully saturated rings. The molecule has 7 heteroatoms. The van der Waals surface area contributed by atoms with Gasteiger partial charge in [-0.25, -0.2) is 8.42 Å². The van der Waals surface area contributed by atoms with Crippen LogP contribution in [-0.2, 0) is 14.8 Å². The highest BCUT2D eigenvalue weighted by molar-refractivity contribution is 7.89. The number of nitrogens with two attached hydrogens (primary N) is 1. The minimum Gasteiger partial charge on any atom is -0.341 e. The molecule has 0 aromatic heterocycles. The van der Waals surface area contributed by atoms with Crippen molar-refractivity contribution in [2.45, 2.75) is 17.7 Å². The molecular weight excluding hydrogens is 290 g/mol. The van der Waals surface area contributed by atoms with E-state index in [9.17, 15) is 13.2 Å². The summed E-state index contributed by atoms with van der Waals surface area (Å²) in [5, 5.41) is 0. The molecule has 0 radical (unpaired) electrons. The number of nitrogens with zero attached hydrogens (tertiary/aromatic N) is 2. The fourth-order valence-electron chi connectivity index (χ4n) is 2.41. The van der Waals surface area contributed by atoms with E-state index in [1.165, 1.54) is 4.31 Å². The molecule has 2 N–H and O–H groups in total. The van der Waals surface area contributed by atoms with E-state index < -0.39 is 10.0 Å². The first-order valence-corrected chi connectivity index (χ1v) is 8.53. The van der Waals surface area contributed by atoms with Gasteiger partial charge < -0.3 is 10.6 Å². The average molecular weight is 311 g/mol. The largest absolute Gasteiger partial charge is 0.341 e. The van der Waals surface area contributed by atoms with Crippen molar-refractivity contribution < 1.29 is 13.2 Å². The number of hydrogen-bond acceptors (Lipinski definition) is 4. The summed E-state index contributed by atoms with van der Waals surface area (Å²) in [6, 6.07) is 8.40. The number of amides is 1. The fraction of sp³-hybridized carbons (Fsp3) is 0.500. The summed E-state index contributed by atoms with van der Waals surface area (Å²) in [4.78, 5) is 13.9. The highest BCUT2D eigenvalue weighted by Gasteiger charge is 2.27. The molecule has 116 valence electrons. The van der Waals surface area contributed by atoms with Gasteiger partial charge in [0, 0.05) is 39.1 Å². The van der Waals surface area contributed by atoms with Gasteiger partial charge in [0.25, 0.3) is 0 Å². The van der Waals surface area contributed by atoms with E-state index >= 15 is 0 Å². The molecule has 21 heavy (non-hydrogen) atoms. The lowest BCUT2D eigenvalue weighted by atomic mass is 10.3. The minimum absolute atomic E-state index is 0.00328. The fourth-order valence-corrected chi connectivity index (χ4v) is 3.90. The first kappa shape index (κ1) is 15.9. The third-order valence-corrected chi connectivity index (χ3v) is 5.46. The smallest absolute Gasteiger partial charge is 0.243 e. The van der Waals surface area contributed by atoms with Crippen molar-refractivity contribution in [3.63, 3.8) is 0 Å². The maximum atomic E-state index is 12.5. The van der Waals surface area contributed by atoms with Gasteiger partial charge in [-0.2, -0.15) is 4.31 Å². The lowest BCUT2D eigenvalue weighted by Crippen LogP contribution is -2.37. The SMILES string of the molecule is NCCC(=O)N1CCCN(S(=O)(=O)c2ccccc2)CC1. The predicted molar refractivity (Wildman–Crippen MR) is 80.1 cm³/mol. The molecule has 1 aromatic carbocycles. The van der Waals surface area contributed by atoms with Crippen molar-refractivity contribution >= 4 is 15.9 Å². The highest BCUT2D eigenvalue weighted by atomic mass is 32.2. The number of benzene rings is 1. The second kappa shape index (κ2) is 7.02. The lowest BCUT2D eigenvalue weighted by Gasteiger charge is -2.21. The predicted octanol–water partition coefficient (Wildman–Crippen LogP) is 0.258. The summed E-state index contributed by atoms with van der Waals surface area (Å²) >= 11 is 0. The Kier molecular flexibility index (Phi) is 5.33. The van der Waals surface area contributed by atoms with Crippen LogP contribution in [0.15, 0.2) is 35.2 Å². The van der Waals surface area contributed by atoms with E-state index in [4.69, 9.17) is 5.73 Å². The van der Waals surface area contributed by atoms with Gasteiger partial charge in [0.1, 0.15) is 0 Å². The Morgan fingerprint density at radius 3 is 2.48 bits per heavy atom. The Morgan fingerprint density at radius 2 is 1.81 bits per heavy atom. The molecule has 1 amide bonds. The highest BCUT2D eigenvalue weighted by Crippen LogP contribution is 2.17. The van der Waals surface area contributed by atoms with Crippen LogP contribution in [0.1, 0.15) is 12.8 Å². The van der Waals surface area contributed by atoms with Crippen molar-refractivity contribution in [3.05, 3.63) is 30.3 Å². The van der Waals surface area contributed by atoms with Gasteiger partial charge >= 0.3 is 0 Å². The maximum Gasteiger partial charge on any atom is 0.243 e. The lowest BCUT2D eigenvalue weighted by molar-refractivity contribution is -0.130. The van der Waals surface area contributed by atoms with E-state index in [0.29, 0.717) is 50.5 Å². The third kappa shape index (κ3) is 3.81. The van der Waals surface area contributed by atoms with Crippen LogP contribution >= 0.6 is 0 Å². The van der Waals surface area contributed by atoms with Gasteiger partial charge in [0.05, 0.1) is 4.90 Å². The zero-order valence-electron chi connectivity index (χ0n) is 11.9. The Balaban J connectivity index is 2.08. The molecule has 0 bridgehead atoms. The van der Waals surface area contributed by atoms with Gasteiger partial charge in [-0.05, 0) is 18.6 Å². The van der Waals surface area contributed by atoms with Crippen molar-refractivity contribution in [3.8, 4) is 0 Å². The van der Waals surface area contributed by atoms with Crippen LogP contribution in [0.4, 0.5) is 0 Å². The molecule has 0 aliphatic carbocycles. The molecule has 0 spiro atoms. The number of sulfonamides is 1. The second-order valence-electron chi connectivity index (χ2n) is 4.99. The van der Waals surface area contributed by atoms with Gasteiger partial charge in [-0.1, -0.05) is 18.2 Å². The summed E-state index contributed by atoms with van der Waals surface area (Å²) < 4.78 is 26.5. The van der Waals surface area contributed by atoms with Crippen molar-refractivity contribution in [1.29, 1.82) is 0 Å². The zero-order chi connectivity index (χ0) is 15.3. The molecule has 1 aliphatic heterocycles. The van der Waals surface area contributed by atoms with E-state index in [1.54, 1.807) is 35.2 Å². The van der Waals surface area contributed by atoms with E-state index in [0.717, 1.165) is 0 Å². The monoisotopic (exact) mass is 311 g/mol. The zero-order valence-corrected chi connectivity index (χ0v) is 12.8. The standard InChI is InChI=1S/C14H21N3O3S/c15-8-7-14(18)16-9-4-10-17(12-11-16)21(19,20)13-5-2-1-3-6-13/h1-3,5-6H,4,7-12,15H2. The maximum absolute atomic E-state index is 12.5. The van der Waals surface area contributed by atoms with Crippen LogP contribution in [0.3, 0.4) is 0 Å². The third-order valence-electron chi connectivity index (χ3n) is 3.55. The molecule has 0 unspecified atom stereocenters. The van der Waals surface area contributed by atoms with Crippen LogP contribution in [0.5, 0.6) is 0 Å². The first-order valence-electron chi connectivity index (χ1n) is 7.09. The molecule has 0 saturated carbocycles. The van der Waals surface area contributed by atoms with Gasteiger partial charge in [0.2, 0.25) is 15.9 Å². The first-order chi connectivity index (χ1) is 10.1. The minimum atomic E-state index is -3.48. The Morgan fingerprint density at radius 1 is 1.10 bits per heavy atom. The topological polar surface area (TPSA) is 83.7 Å². The van der Waals surface area contributed by atoms with Gasteiger partial charge in [-0.3, -0.25) is 4.79 Å². The van der Waals surface area contributed by atoms with Crippen molar-refractivity contribution in [2.24, 2.45) is 5.73 Å². The van der Waals surface area contributed by atoms with E-state index in [2.05, 4.69) is 0 Å². The number of hydrogen-bond donors (Lipinski definition) is 1. The summed E-state index contributed by atoms with van der Waals surface area (Å²) in [6.07, 6.45) is 0.952. The summed E-state index contributed by atoms with van der Waals surface area (Å²) in [5.74, 6) is -0.00328. The second-order valence-corrected chi connectivity index (χ2v) is 6.93. The molecule has 6 nitrogen and oxygen atoms in total. The Bertz CT molecular complexity index is 574. The molecule has 0 atom stereocenters. The summed E-state index contributed by atoms with van der Waals surface area (Å²) in [6.45, 7) is 2.09. The van der Waals surface area contributed by atoms with Crippen LogP contribution in [0.2, 0.25) is 0 Å². The van der Waals surface area contributed by atoms with Gasteiger partial charge in [0.15, 0.2) is 0 Å². The Hall–Kier alpha value is -1.44.